The lowest BCUT2D eigenvalue weighted by Gasteiger charge is -1.99. The summed E-state index contributed by atoms with van der Waals surface area (Å²) < 4.78 is 0. The van der Waals surface area contributed by atoms with E-state index in [0.29, 0.717) is 16.7 Å². The maximum Gasteiger partial charge on any atom is 0.282 e. The van der Waals surface area contributed by atoms with Crippen LogP contribution in [0.5, 0.6) is 0 Å². The monoisotopic (exact) mass is 266 g/mol. The van der Waals surface area contributed by atoms with Crippen LogP contribution in [0.1, 0.15) is 28.8 Å². The largest absolute Gasteiger partial charge is 0.360 e. The highest BCUT2D eigenvalue weighted by molar-refractivity contribution is 7.17. The zero-order valence-electron chi connectivity index (χ0n) is 9.93. The molecule has 0 saturated carbocycles. The Kier molecular flexibility index (Phi) is 4.24. The maximum absolute atomic E-state index is 11.8. The van der Waals surface area contributed by atoms with Crippen molar-refractivity contribution in [3.8, 4) is 0 Å². The minimum absolute atomic E-state index is 0.230. The number of carbonyl (C=O) groups is 1. The van der Waals surface area contributed by atoms with Gasteiger partial charge >= 0.3 is 0 Å². The molecule has 1 amide bonds. The van der Waals surface area contributed by atoms with Gasteiger partial charge in [-0.2, -0.15) is 0 Å². The molecular weight excluding hydrogens is 252 g/mol. The van der Waals surface area contributed by atoms with Crippen LogP contribution in [0.15, 0.2) is 12.5 Å². The first-order valence-electron chi connectivity index (χ1n) is 5.62. The Morgan fingerprint density at radius 1 is 1.50 bits per heavy atom. The molecule has 2 aromatic rings. The number of nitrogens with one attached hydrogen (secondary N) is 3. The van der Waals surface area contributed by atoms with Crippen molar-refractivity contribution in [2.45, 2.75) is 19.9 Å². The fourth-order valence-corrected chi connectivity index (χ4v) is 1.94. The number of amides is 1. The van der Waals surface area contributed by atoms with Gasteiger partial charge in [0.2, 0.25) is 10.1 Å². The normalized spacial score (nSPS) is 10.3. The number of carbonyl (C=O) groups excluding carboxylic acids is 1. The van der Waals surface area contributed by atoms with Crippen molar-refractivity contribution in [3.05, 3.63) is 23.2 Å². The predicted octanol–water partition coefficient (Wildman–Crippen LogP) is 1.01. The summed E-state index contributed by atoms with van der Waals surface area (Å²) in [6.45, 7) is 3.28. The van der Waals surface area contributed by atoms with Gasteiger partial charge in [-0.05, 0) is 6.42 Å². The van der Waals surface area contributed by atoms with Crippen LogP contribution in [-0.4, -0.2) is 32.6 Å². The van der Waals surface area contributed by atoms with Crippen LogP contribution in [0.4, 0.5) is 5.13 Å². The molecule has 0 aliphatic rings. The van der Waals surface area contributed by atoms with E-state index in [0.717, 1.165) is 18.7 Å². The van der Waals surface area contributed by atoms with Gasteiger partial charge in [0.05, 0.1) is 18.6 Å². The van der Waals surface area contributed by atoms with Gasteiger partial charge in [0, 0.05) is 12.7 Å². The van der Waals surface area contributed by atoms with Crippen molar-refractivity contribution in [2.24, 2.45) is 0 Å². The fourth-order valence-electron chi connectivity index (χ4n) is 1.25. The highest BCUT2D eigenvalue weighted by atomic mass is 32.1. The molecular formula is C10H14N6OS. The molecule has 7 nitrogen and oxygen atoms in total. The Balaban J connectivity index is 1.86. The van der Waals surface area contributed by atoms with Crippen molar-refractivity contribution in [1.82, 2.24) is 25.5 Å². The van der Waals surface area contributed by atoms with E-state index in [-0.39, 0.29) is 5.91 Å². The van der Waals surface area contributed by atoms with Crippen molar-refractivity contribution in [3.63, 3.8) is 0 Å². The van der Waals surface area contributed by atoms with Gasteiger partial charge in [-0.15, -0.1) is 10.2 Å². The molecule has 18 heavy (non-hydrogen) atoms. The number of anilines is 1. The second-order valence-corrected chi connectivity index (χ2v) is 4.58. The van der Waals surface area contributed by atoms with Crippen molar-refractivity contribution >= 4 is 22.4 Å². The Hall–Kier alpha value is -1.96. The summed E-state index contributed by atoms with van der Waals surface area (Å²) in [5.41, 5.74) is 0.845. The Labute approximate surface area is 108 Å². The molecule has 2 heterocycles. The summed E-state index contributed by atoms with van der Waals surface area (Å²) in [6.07, 6.45) is 4.23. The third kappa shape index (κ3) is 3.27. The first-order chi connectivity index (χ1) is 8.79. The van der Waals surface area contributed by atoms with Gasteiger partial charge in [0.1, 0.15) is 0 Å². The smallest absolute Gasteiger partial charge is 0.282 e. The molecule has 0 bridgehead atoms. The van der Waals surface area contributed by atoms with Gasteiger partial charge in [0.15, 0.2) is 0 Å². The average Bonchev–Trinajstić information content (AvgIpc) is 3.04. The lowest BCUT2D eigenvalue weighted by atomic mass is 10.4. The van der Waals surface area contributed by atoms with Gasteiger partial charge in [-0.25, -0.2) is 4.98 Å². The van der Waals surface area contributed by atoms with E-state index in [1.165, 1.54) is 11.3 Å². The molecule has 3 N–H and O–H groups in total. The van der Waals surface area contributed by atoms with Crippen LogP contribution >= 0.6 is 11.3 Å². The lowest BCUT2D eigenvalue weighted by Crippen LogP contribution is -2.22. The van der Waals surface area contributed by atoms with Crippen molar-refractivity contribution < 1.29 is 4.79 Å². The predicted molar refractivity (Wildman–Crippen MR) is 68.4 cm³/mol. The Bertz CT molecular complexity index is 494. The van der Waals surface area contributed by atoms with Gasteiger partial charge < -0.3 is 15.6 Å². The quantitative estimate of drug-likeness (QED) is 0.725. The van der Waals surface area contributed by atoms with Crippen LogP contribution in [0.3, 0.4) is 0 Å². The van der Waals surface area contributed by atoms with E-state index in [9.17, 15) is 4.79 Å². The molecule has 2 aromatic heterocycles. The van der Waals surface area contributed by atoms with E-state index in [1.54, 1.807) is 12.5 Å². The minimum atomic E-state index is -0.230. The topological polar surface area (TPSA) is 95.6 Å². The molecule has 0 aliphatic carbocycles. The van der Waals surface area contributed by atoms with E-state index < -0.39 is 0 Å². The summed E-state index contributed by atoms with van der Waals surface area (Å²) in [6, 6.07) is 0. The van der Waals surface area contributed by atoms with Crippen LogP contribution in [-0.2, 0) is 6.54 Å². The Morgan fingerprint density at radius 2 is 2.39 bits per heavy atom. The van der Waals surface area contributed by atoms with Gasteiger partial charge in [-0.3, -0.25) is 4.79 Å². The molecule has 0 aliphatic heterocycles. The van der Waals surface area contributed by atoms with Crippen molar-refractivity contribution in [1.29, 1.82) is 0 Å². The van der Waals surface area contributed by atoms with Crippen LogP contribution in [0, 0.1) is 0 Å². The number of aromatic nitrogens is 4. The molecule has 2 rings (SSSR count). The molecule has 96 valence electrons. The molecule has 8 heteroatoms. The summed E-state index contributed by atoms with van der Waals surface area (Å²) >= 11 is 1.25. The third-order valence-corrected chi connectivity index (χ3v) is 3.02. The molecule has 0 aromatic carbocycles. The second-order valence-electron chi connectivity index (χ2n) is 3.60. The highest BCUT2D eigenvalue weighted by Crippen LogP contribution is 2.14. The molecule has 0 atom stereocenters. The number of hydrogen-bond donors (Lipinski definition) is 3. The first kappa shape index (κ1) is 12.5. The first-order valence-corrected chi connectivity index (χ1v) is 6.44. The zero-order chi connectivity index (χ0) is 12.8. The summed E-state index contributed by atoms with van der Waals surface area (Å²) in [5, 5.41) is 14.6. The van der Waals surface area contributed by atoms with E-state index in [2.05, 4.69) is 37.7 Å². The molecule has 0 saturated heterocycles. The minimum Gasteiger partial charge on any atom is -0.360 e. The number of nitrogens with zero attached hydrogens (tertiary/aromatic N) is 3. The number of H-pyrrole nitrogens is 1. The van der Waals surface area contributed by atoms with Crippen LogP contribution < -0.4 is 10.6 Å². The summed E-state index contributed by atoms with van der Waals surface area (Å²) in [4.78, 5) is 18.5. The summed E-state index contributed by atoms with van der Waals surface area (Å²) in [7, 11) is 0. The SMILES string of the molecule is CCCNc1nnc(C(=O)NCc2cnc[nH]2)s1. The number of rotatable bonds is 6. The lowest BCUT2D eigenvalue weighted by molar-refractivity contribution is 0.0949. The van der Waals surface area contributed by atoms with Crippen LogP contribution in [0.2, 0.25) is 0 Å². The average molecular weight is 266 g/mol. The number of hydrogen-bond acceptors (Lipinski definition) is 6. The zero-order valence-corrected chi connectivity index (χ0v) is 10.8. The molecule has 0 unspecified atom stereocenters. The standard InChI is InChI=1S/C10H14N6OS/c1-2-3-12-10-16-15-9(18-10)8(17)13-5-7-4-11-6-14-7/h4,6H,2-3,5H2,1H3,(H,11,14)(H,12,16)(H,13,17). The highest BCUT2D eigenvalue weighted by Gasteiger charge is 2.12. The molecule has 0 radical (unpaired) electrons. The van der Waals surface area contributed by atoms with Crippen LogP contribution in [0.25, 0.3) is 0 Å². The fraction of sp³-hybridized carbons (Fsp3) is 0.400. The second kappa shape index (κ2) is 6.10. The van der Waals surface area contributed by atoms with E-state index >= 15 is 0 Å². The van der Waals surface area contributed by atoms with E-state index in [4.69, 9.17) is 0 Å². The number of imidazole rings is 1. The number of aromatic amines is 1. The maximum atomic E-state index is 11.8. The summed E-state index contributed by atoms with van der Waals surface area (Å²) in [5.74, 6) is -0.230. The van der Waals surface area contributed by atoms with E-state index in [1.807, 2.05) is 0 Å². The van der Waals surface area contributed by atoms with Crippen molar-refractivity contribution in [2.75, 3.05) is 11.9 Å². The Morgan fingerprint density at radius 3 is 3.11 bits per heavy atom. The van der Waals surface area contributed by atoms with Gasteiger partial charge in [-0.1, -0.05) is 18.3 Å². The van der Waals surface area contributed by atoms with Gasteiger partial charge in [0.25, 0.3) is 5.91 Å². The third-order valence-electron chi connectivity index (χ3n) is 2.14. The molecule has 0 fully saturated rings. The molecule has 0 spiro atoms.